The molecule has 0 aromatic heterocycles. The molecule has 0 saturated heterocycles. The minimum atomic E-state index is -0.928. The SMILES string of the molecule is Cc1ccc(C(=O)NCCNC(=O)[C@@H]2C[C@@H]2C(=O)O)cc1. The van der Waals surface area contributed by atoms with Crippen LogP contribution in [-0.4, -0.2) is 36.0 Å². The van der Waals surface area contributed by atoms with Gasteiger partial charge in [0.1, 0.15) is 0 Å². The van der Waals surface area contributed by atoms with Crippen LogP contribution in [0.4, 0.5) is 0 Å². The van der Waals surface area contributed by atoms with E-state index in [-0.39, 0.29) is 11.8 Å². The standard InChI is InChI=1S/C15H18N2O4/c1-9-2-4-10(5-3-9)13(18)16-6-7-17-14(19)11-8-12(11)15(20)21/h2-5,11-12H,6-8H2,1H3,(H,16,18)(H,17,19)(H,20,21)/t11-,12+/m1/s1. The fraction of sp³-hybridized carbons (Fsp3) is 0.400. The quantitative estimate of drug-likeness (QED) is 0.667. The van der Waals surface area contributed by atoms with Gasteiger partial charge < -0.3 is 15.7 Å². The maximum atomic E-state index is 11.8. The summed E-state index contributed by atoms with van der Waals surface area (Å²) in [5.41, 5.74) is 1.65. The predicted octanol–water partition coefficient (Wildman–Crippen LogP) is 0.562. The van der Waals surface area contributed by atoms with Crippen LogP contribution in [0.2, 0.25) is 0 Å². The van der Waals surface area contributed by atoms with Crippen molar-refractivity contribution in [2.75, 3.05) is 13.1 Å². The van der Waals surface area contributed by atoms with E-state index in [2.05, 4.69) is 10.6 Å². The number of carbonyl (C=O) groups is 3. The molecule has 6 heteroatoms. The van der Waals surface area contributed by atoms with E-state index in [1.165, 1.54) is 0 Å². The van der Waals surface area contributed by atoms with Crippen molar-refractivity contribution in [2.45, 2.75) is 13.3 Å². The molecule has 1 fully saturated rings. The molecular weight excluding hydrogens is 272 g/mol. The van der Waals surface area contributed by atoms with Gasteiger partial charge in [0.05, 0.1) is 11.8 Å². The van der Waals surface area contributed by atoms with Crippen molar-refractivity contribution in [3.63, 3.8) is 0 Å². The Morgan fingerprint density at radius 1 is 1.10 bits per heavy atom. The maximum Gasteiger partial charge on any atom is 0.307 e. The molecule has 0 aliphatic heterocycles. The number of rotatable bonds is 6. The molecule has 6 nitrogen and oxygen atoms in total. The van der Waals surface area contributed by atoms with Gasteiger partial charge in [0, 0.05) is 18.7 Å². The van der Waals surface area contributed by atoms with Crippen molar-refractivity contribution >= 4 is 17.8 Å². The molecular formula is C15H18N2O4. The molecule has 1 aromatic rings. The zero-order valence-electron chi connectivity index (χ0n) is 11.8. The van der Waals surface area contributed by atoms with Gasteiger partial charge in [-0.3, -0.25) is 14.4 Å². The van der Waals surface area contributed by atoms with Gasteiger partial charge in [-0.1, -0.05) is 17.7 Å². The molecule has 2 amide bonds. The third-order valence-corrected chi connectivity index (χ3v) is 3.47. The normalized spacial score (nSPS) is 19.7. The van der Waals surface area contributed by atoms with Gasteiger partial charge in [0.15, 0.2) is 0 Å². The van der Waals surface area contributed by atoms with Crippen LogP contribution in [-0.2, 0) is 9.59 Å². The lowest BCUT2D eigenvalue weighted by molar-refractivity contribution is -0.140. The second kappa shape index (κ2) is 6.39. The van der Waals surface area contributed by atoms with Gasteiger partial charge in [-0.25, -0.2) is 0 Å². The number of carboxylic acid groups (broad SMARTS) is 1. The van der Waals surface area contributed by atoms with E-state index in [0.29, 0.717) is 25.1 Å². The highest BCUT2D eigenvalue weighted by atomic mass is 16.4. The summed E-state index contributed by atoms with van der Waals surface area (Å²) >= 11 is 0. The Labute approximate surface area is 122 Å². The van der Waals surface area contributed by atoms with E-state index in [0.717, 1.165) is 5.56 Å². The fourth-order valence-electron chi connectivity index (χ4n) is 2.06. The average molecular weight is 290 g/mol. The lowest BCUT2D eigenvalue weighted by atomic mass is 10.1. The summed E-state index contributed by atoms with van der Waals surface area (Å²) in [6.45, 7) is 2.54. The first-order valence-corrected chi connectivity index (χ1v) is 6.84. The Balaban J connectivity index is 1.66. The Kier molecular flexibility index (Phi) is 4.57. The third-order valence-electron chi connectivity index (χ3n) is 3.47. The highest BCUT2D eigenvalue weighted by molar-refractivity contribution is 5.94. The molecule has 0 unspecified atom stereocenters. The molecule has 1 saturated carbocycles. The van der Waals surface area contributed by atoms with E-state index >= 15 is 0 Å². The van der Waals surface area contributed by atoms with Crippen LogP contribution in [0.1, 0.15) is 22.3 Å². The van der Waals surface area contributed by atoms with Crippen molar-refractivity contribution in [3.05, 3.63) is 35.4 Å². The second-order valence-corrected chi connectivity index (χ2v) is 5.20. The van der Waals surface area contributed by atoms with Crippen molar-refractivity contribution in [1.82, 2.24) is 10.6 Å². The number of carboxylic acids is 1. The van der Waals surface area contributed by atoms with Gasteiger partial charge in [0.25, 0.3) is 5.91 Å². The summed E-state index contributed by atoms with van der Waals surface area (Å²) in [7, 11) is 0. The molecule has 21 heavy (non-hydrogen) atoms. The number of nitrogens with one attached hydrogen (secondary N) is 2. The van der Waals surface area contributed by atoms with Crippen LogP contribution >= 0.6 is 0 Å². The first kappa shape index (κ1) is 15.0. The van der Waals surface area contributed by atoms with Gasteiger partial charge in [0.2, 0.25) is 5.91 Å². The lowest BCUT2D eigenvalue weighted by Gasteiger charge is -2.07. The second-order valence-electron chi connectivity index (χ2n) is 5.20. The predicted molar refractivity (Wildman–Crippen MR) is 75.8 cm³/mol. The first-order chi connectivity index (χ1) is 9.99. The molecule has 2 rings (SSSR count). The van der Waals surface area contributed by atoms with E-state index < -0.39 is 17.8 Å². The topological polar surface area (TPSA) is 95.5 Å². The number of aliphatic carboxylic acids is 1. The van der Waals surface area contributed by atoms with E-state index in [9.17, 15) is 14.4 Å². The Morgan fingerprint density at radius 2 is 1.71 bits per heavy atom. The van der Waals surface area contributed by atoms with Gasteiger partial charge in [-0.2, -0.15) is 0 Å². The molecule has 1 aliphatic rings. The minimum Gasteiger partial charge on any atom is -0.481 e. The van der Waals surface area contributed by atoms with E-state index in [1.807, 2.05) is 19.1 Å². The Morgan fingerprint density at radius 3 is 2.29 bits per heavy atom. The zero-order valence-corrected chi connectivity index (χ0v) is 11.8. The van der Waals surface area contributed by atoms with Gasteiger partial charge >= 0.3 is 5.97 Å². The first-order valence-electron chi connectivity index (χ1n) is 6.84. The van der Waals surface area contributed by atoms with Crippen molar-refractivity contribution in [1.29, 1.82) is 0 Å². The van der Waals surface area contributed by atoms with Crippen LogP contribution in [0.15, 0.2) is 24.3 Å². The summed E-state index contributed by atoms with van der Waals surface area (Å²) in [6.07, 6.45) is 0.400. The summed E-state index contributed by atoms with van der Waals surface area (Å²) in [5.74, 6) is -2.35. The number of hydrogen-bond acceptors (Lipinski definition) is 3. The summed E-state index contributed by atoms with van der Waals surface area (Å²) < 4.78 is 0. The van der Waals surface area contributed by atoms with Crippen LogP contribution in [0.25, 0.3) is 0 Å². The molecule has 1 aliphatic carbocycles. The largest absolute Gasteiger partial charge is 0.481 e. The number of carbonyl (C=O) groups excluding carboxylic acids is 2. The summed E-state index contributed by atoms with van der Waals surface area (Å²) in [6, 6.07) is 7.20. The van der Waals surface area contributed by atoms with Gasteiger partial charge in [-0.05, 0) is 25.5 Å². The third kappa shape index (κ3) is 4.05. The van der Waals surface area contributed by atoms with Crippen molar-refractivity contribution in [2.24, 2.45) is 11.8 Å². The molecule has 0 heterocycles. The average Bonchev–Trinajstić information content (AvgIpc) is 3.24. The molecule has 2 atom stereocenters. The van der Waals surface area contributed by atoms with Crippen LogP contribution in [0.3, 0.4) is 0 Å². The molecule has 1 aromatic carbocycles. The fourth-order valence-corrected chi connectivity index (χ4v) is 2.06. The number of benzene rings is 1. The lowest BCUT2D eigenvalue weighted by Crippen LogP contribution is -2.35. The molecule has 0 bridgehead atoms. The Hall–Kier alpha value is -2.37. The number of hydrogen-bond donors (Lipinski definition) is 3. The smallest absolute Gasteiger partial charge is 0.307 e. The molecule has 112 valence electrons. The van der Waals surface area contributed by atoms with Gasteiger partial charge in [-0.15, -0.1) is 0 Å². The minimum absolute atomic E-state index is 0.195. The summed E-state index contributed by atoms with van der Waals surface area (Å²) in [5, 5.41) is 14.1. The molecule has 0 spiro atoms. The van der Waals surface area contributed by atoms with Crippen LogP contribution < -0.4 is 10.6 Å². The zero-order chi connectivity index (χ0) is 15.4. The maximum absolute atomic E-state index is 11.8. The monoisotopic (exact) mass is 290 g/mol. The molecule has 0 radical (unpaired) electrons. The summed E-state index contributed by atoms with van der Waals surface area (Å²) in [4.78, 5) is 34.0. The Bertz CT molecular complexity index is 553. The van der Waals surface area contributed by atoms with Crippen LogP contribution in [0, 0.1) is 18.8 Å². The molecule has 3 N–H and O–H groups in total. The highest BCUT2D eigenvalue weighted by Gasteiger charge is 2.48. The van der Waals surface area contributed by atoms with E-state index in [4.69, 9.17) is 5.11 Å². The van der Waals surface area contributed by atoms with Crippen LogP contribution in [0.5, 0.6) is 0 Å². The highest BCUT2D eigenvalue weighted by Crippen LogP contribution is 2.38. The number of amides is 2. The van der Waals surface area contributed by atoms with Crippen molar-refractivity contribution < 1.29 is 19.5 Å². The van der Waals surface area contributed by atoms with Crippen molar-refractivity contribution in [3.8, 4) is 0 Å². The number of aryl methyl sites for hydroxylation is 1. The van der Waals surface area contributed by atoms with E-state index in [1.54, 1.807) is 12.1 Å².